The van der Waals surface area contributed by atoms with Gasteiger partial charge in [0.25, 0.3) is 0 Å². The molecule has 0 radical (unpaired) electrons. The molecule has 1 heterocycles. The van der Waals surface area contributed by atoms with Crippen molar-refractivity contribution in [2.24, 2.45) is 11.7 Å². The van der Waals surface area contributed by atoms with Crippen LogP contribution in [0.1, 0.15) is 28.5 Å². The maximum atomic E-state index is 6.44. The molecule has 1 aliphatic rings. The number of rotatable bonds is 2. The van der Waals surface area contributed by atoms with Crippen molar-refractivity contribution in [1.29, 1.82) is 0 Å². The van der Waals surface area contributed by atoms with Crippen molar-refractivity contribution in [1.82, 2.24) is 0 Å². The fraction of sp³-hybridized carbons (Fsp3) is 0.333. The minimum Gasteiger partial charge on any atom is -0.323 e. The van der Waals surface area contributed by atoms with E-state index in [2.05, 4.69) is 46.3 Å². The molecule has 0 amide bonds. The van der Waals surface area contributed by atoms with Crippen LogP contribution in [0.3, 0.4) is 0 Å². The largest absolute Gasteiger partial charge is 0.323 e. The van der Waals surface area contributed by atoms with Crippen molar-refractivity contribution in [2.45, 2.75) is 25.3 Å². The van der Waals surface area contributed by atoms with Crippen LogP contribution >= 0.6 is 38.9 Å². The summed E-state index contributed by atoms with van der Waals surface area (Å²) < 4.78 is 1.75. The van der Waals surface area contributed by atoms with Gasteiger partial charge in [0.05, 0.1) is 0 Å². The van der Waals surface area contributed by atoms with Gasteiger partial charge in [-0.2, -0.15) is 0 Å². The lowest BCUT2D eigenvalue weighted by Gasteiger charge is -2.28. The summed E-state index contributed by atoms with van der Waals surface area (Å²) in [5.74, 6) is 0.511. The Balaban J connectivity index is 1.81. The average molecular weight is 357 g/mol. The molecule has 0 bridgehead atoms. The maximum absolute atomic E-state index is 6.44. The number of thiophene rings is 1. The highest BCUT2D eigenvalue weighted by molar-refractivity contribution is 9.10. The van der Waals surface area contributed by atoms with Gasteiger partial charge in [-0.1, -0.05) is 35.9 Å². The Morgan fingerprint density at radius 2 is 2.05 bits per heavy atom. The Labute approximate surface area is 130 Å². The van der Waals surface area contributed by atoms with E-state index < -0.39 is 0 Å². The van der Waals surface area contributed by atoms with Crippen molar-refractivity contribution >= 4 is 38.9 Å². The standard InChI is InChI=1S/C15H15BrClNS/c16-12-8-13(19-15(12)17)14(18)11-6-5-9-3-1-2-4-10(9)7-11/h1-4,8,11,14H,5-7,18H2. The second kappa shape index (κ2) is 5.57. The minimum absolute atomic E-state index is 0.0853. The van der Waals surface area contributed by atoms with Crippen molar-refractivity contribution in [3.63, 3.8) is 0 Å². The molecule has 0 fully saturated rings. The van der Waals surface area contributed by atoms with Gasteiger partial charge in [0.1, 0.15) is 4.34 Å². The van der Waals surface area contributed by atoms with Crippen LogP contribution < -0.4 is 5.73 Å². The zero-order valence-electron chi connectivity index (χ0n) is 10.4. The number of hydrogen-bond donors (Lipinski definition) is 1. The van der Waals surface area contributed by atoms with Gasteiger partial charge in [-0.25, -0.2) is 0 Å². The smallest absolute Gasteiger partial charge is 0.107 e. The summed E-state index contributed by atoms with van der Waals surface area (Å²) in [6, 6.07) is 10.8. The van der Waals surface area contributed by atoms with Crippen LogP contribution in [-0.4, -0.2) is 0 Å². The predicted molar refractivity (Wildman–Crippen MR) is 85.9 cm³/mol. The zero-order valence-corrected chi connectivity index (χ0v) is 13.6. The van der Waals surface area contributed by atoms with Crippen molar-refractivity contribution in [3.05, 3.63) is 55.1 Å². The van der Waals surface area contributed by atoms with Gasteiger partial charge >= 0.3 is 0 Å². The number of nitrogens with two attached hydrogens (primary N) is 1. The van der Waals surface area contributed by atoms with Crippen LogP contribution in [0.4, 0.5) is 0 Å². The van der Waals surface area contributed by atoms with E-state index in [4.69, 9.17) is 17.3 Å². The average Bonchev–Trinajstić information content (AvgIpc) is 2.77. The Morgan fingerprint density at radius 1 is 1.32 bits per heavy atom. The molecule has 0 spiro atoms. The van der Waals surface area contributed by atoms with Gasteiger partial charge in [0.2, 0.25) is 0 Å². The van der Waals surface area contributed by atoms with E-state index in [1.54, 1.807) is 11.3 Å². The molecule has 3 rings (SSSR count). The molecular weight excluding hydrogens is 342 g/mol. The van der Waals surface area contributed by atoms with Crippen LogP contribution in [0.2, 0.25) is 4.34 Å². The summed E-state index contributed by atoms with van der Waals surface area (Å²) in [5.41, 5.74) is 9.38. The van der Waals surface area contributed by atoms with Crippen molar-refractivity contribution < 1.29 is 0 Å². The Morgan fingerprint density at radius 3 is 2.74 bits per heavy atom. The first-order chi connectivity index (χ1) is 9.15. The van der Waals surface area contributed by atoms with Crippen LogP contribution in [0.25, 0.3) is 0 Å². The summed E-state index contributed by atoms with van der Waals surface area (Å²) in [4.78, 5) is 1.18. The highest BCUT2D eigenvalue weighted by Gasteiger charge is 2.26. The second-order valence-electron chi connectivity index (χ2n) is 5.07. The minimum atomic E-state index is 0.0853. The summed E-state index contributed by atoms with van der Waals surface area (Å²) in [6.45, 7) is 0. The third-order valence-corrected chi connectivity index (χ3v) is 6.46. The molecule has 2 aromatic rings. The van der Waals surface area contributed by atoms with Crippen LogP contribution in [-0.2, 0) is 12.8 Å². The summed E-state index contributed by atoms with van der Waals surface area (Å²) in [5, 5.41) is 0. The summed E-state index contributed by atoms with van der Waals surface area (Å²) in [6.07, 6.45) is 3.37. The van der Waals surface area contributed by atoms with Gasteiger partial charge in [0, 0.05) is 15.4 Å². The molecule has 0 aliphatic heterocycles. The SMILES string of the molecule is NC(c1cc(Br)c(Cl)s1)C1CCc2ccccc2C1. The Bertz CT molecular complexity index is 576. The molecule has 0 saturated carbocycles. The Kier molecular flexibility index (Phi) is 3.99. The molecule has 100 valence electrons. The fourth-order valence-electron chi connectivity index (χ4n) is 2.79. The molecule has 2 N–H and O–H groups in total. The number of fused-ring (bicyclic) bond motifs is 1. The quantitative estimate of drug-likeness (QED) is 0.808. The van der Waals surface area contributed by atoms with Gasteiger partial charge in [-0.3, -0.25) is 0 Å². The summed E-state index contributed by atoms with van der Waals surface area (Å²) in [7, 11) is 0. The molecule has 1 nitrogen and oxygen atoms in total. The Hall–Kier alpha value is -0.350. The number of aryl methyl sites for hydroxylation is 1. The number of hydrogen-bond acceptors (Lipinski definition) is 2. The van der Waals surface area contributed by atoms with Gasteiger partial charge in [-0.15, -0.1) is 11.3 Å². The van der Waals surface area contributed by atoms with E-state index in [-0.39, 0.29) is 6.04 Å². The number of halogens is 2. The van der Waals surface area contributed by atoms with Crippen molar-refractivity contribution in [2.75, 3.05) is 0 Å². The molecule has 2 atom stereocenters. The lowest BCUT2D eigenvalue weighted by molar-refractivity contribution is 0.386. The highest BCUT2D eigenvalue weighted by Crippen LogP contribution is 2.39. The predicted octanol–water partition coefficient (Wildman–Crippen LogP) is 4.97. The molecule has 1 aromatic heterocycles. The molecule has 1 aliphatic carbocycles. The monoisotopic (exact) mass is 355 g/mol. The van der Waals surface area contributed by atoms with E-state index in [9.17, 15) is 0 Å². The maximum Gasteiger partial charge on any atom is 0.107 e. The third-order valence-electron chi connectivity index (χ3n) is 3.89. The molecular formula is C15H15BrClNS. The first kappa shape index (κ1) is 13.6. The van der Waals surface area contributed by atoms with E-state index in [0.717, 1.165) is 28.1 Å². The zero-order chi connectivity index (χ0) is 13.4. The summed E-state index contributed by atoms with van der Waals surface area (Å²) >= 11 is 11.2. The fourth-order valence-corrected chi connectivity index (χ4v) is 4.62. The van der Waals surface area contributed by atoms with Crippen LogP contribution in [0, 0.1) is 5.92 Å². The van der Waals surface area contributed by atoms with E-state index in [1.807, 2.05) is 0 Å². The molecule has 19 heavy (non-hydrogen) atoms. The van der Waals surface area contributed by atoms with Gasteiger partial charge < -0.3 is 5.73 Å². The normalized spacial score (nSPS) is 20.1. The molecule has 0 saturated heterocycles. The first-order valence-electron chi connectivity index (χ1n) is 6.42. The van der Waals surface area contributed by atoms with Crippen molar-refractivity contribution in [3.8, 4) is 0 Å². The highest BCUT2D eigenvalue weighted by atomic mass is 79.9. The van der Waals surface area contributed by atoms with Gasteiger partial charge in [0.15, 0.2) is 0 Å². The third kappa shape index (κ3) is 2.75. The molecule has 4 heteroatoms. The van der Waals surface area contributed by atoms with Crippen LogP contribution in [0.15, 0.2) is 34.8 Å². The molecule has 2 unspecified atom stereocenters. The van der Waals surface area contributed by atoms with E-state index in [1.165, 1.54) is 16.0 Å². The second-order valence-corrected chi connectivity index (χ2v) is 7.61. The molecule has 1 aromatic carbocycles. The van der Waals surface area contributed by atoms with Crippen LogP contribution in [0.5, 0.6) is 0 Å². The lowest BCUT2D eigenvalue weighted by atomic mass is 9.80. The van der Waals surface area contributed by atoms with E-state index in [0.29, 0.717) is 5.92 Å². The topological polar surface area (TPSA) is 26.0 Å². The first-order valence-corrected chi connectivity index (χ1v) is 8.41. The van der Waals surface area contributed by atoms with E-state index >= 15 is 0 Å². The lowest BCUT2D eigenvalue weighted by Crippen LogP contribution is -2.26. The van der Waals surface area contributed by atoms with Gasteiger partial charge in [-0.05, 0) is 58.3 Å². The number of benzene rings is 1.